The molecule has 9 heterocycles. The summed E-state index contributed by atoms with van der Waals surface area (Å²) < 4.78 is 211. The van der Waals surface area contributed by atoms with Crippen molar-refractivity contribution in [3.63, 3.8) is 0 Å². The van der Waals surface area contributed by atoms with E-state index in [0.717, 1.165) is 30.7 Å². The zero-order valence-electron chi connectivity index (χ0n) is 82.0. The molecule has 0 saturated carbocycles. The van der Waals surface area contributed by atoms with Crippen molar-refractivity contribution < 1.29 is 82.4 Å². The maximum atomic E-state index is 14.9. The number of benzene rings is 8. The quantitative estimate of drug-likeness (QED) is 0.0135. The Morgan fingerprint density at radius 3 is 0.838 bits per heavy atom. The number of nitrogens with one attached hydrogen (secondary N) is 4. The van der Waals surface area contributed by atoms with E-state index >= 15 is 0 Å². The molecule has 8 aromatic heterocycles. The van der Waals surface area contributed by atoms with E-state index in [9.17, 15) is 60.0 Å². The number of rotatable bonds is 35. The van der Waals surface area contributed by atoms with Crippen LogP contribution in [0.4, 0.5) is 49.6 Å². The number of anilines is 4. The lowest BCUT2D eigenvalue weighted by Gasteiger charge is -2.10. The Morgan fingerprint density at radius 1 is 0.345 bits per heavy atom. The Labute approximate surface area is 849 Å². The molecule has 1 aliphatic heterocycles. The van der Waals surface area contributed by atoms with Gasteiger partial charge in [-0.3, -0.25) is 0 Å². The first-order valence-corrected chi connectivity index (χ1v) is 52.7. The Hall–Kier alpha value is -15.0. The minimum absolute atomic E-state index is 0.0102. The van der Waals surface area contributed by atoms with E-state index in [1.54, 1.807) is 140 Å². The molecule has 0 amide bonds. The predicted octanol–water partition coefficient (Wildman–Crippen LogP) is 16.2. The summed E-state index contributed by atoms with van der Waals surface area (Å²) in [5.41, 5.74) is 32.0. The van der Waals surface area contributed by atoms with Crippen LogP contribution in [0.3, 0.4) is 0 Å². The maximum Gasteiger partial charge on any atom is 0.270 e. The summed E-state index contributed by atoms with van der Waals surface area (Å²) in [7, 11) is -13.6. The second-order valence-corrected chi connectivity index (χ2v) is 45.6. The largest absolute Gasteiger partial charge is 0.414 e. The first-order chi connectivity index (χ1) is 70.5. The van der Waals surface area contributed by atoms with E-state index in [1.165, 1.54) is 117 Å². The molecule has 0 aliphatic carbocycles. The van der Waals surface area contributed by atoms with Gasteiger partial charge in [0.05, 0.1) is 117 Å². The summed E-state index contributed by atoms with van der Waals surface area (Å²) in [6.45, 7) is 22.4. The van der Waals surface area contributed by atoms with Crippen LogP contribution in [0.1, 0.15) is 105 Å². The van der Waals surface area contributed by atoms with Gasteiger partial charge >= 0.3 is 0 Å². The predicted molar refractivity (Wildman–Crippen MR) is 544 cm³/mol. The normalized spacial score (nSPS) is 13.1. The Balaban J connectivity index is 0.000000156. The van der Waals surface area contributed by atoms with Gasteiger partial charge in [0.1, 0.15) is 36.1 Å². The number of halogens is 6. The topological polar surface area (TPSA) is 557 Å². The van der Waals surface area contributed by atoms with Gasteiger partial charge in [0.15, 0.2) is 85.4 Å². The number of nitrogen functional groups attached to an aromatic ring is 4. The first kappa shape index (κ1) is 109. The third-order valence-corrected chi connectivity index (χ3v) is 31.6. The fraction of sp³-hybridized carbons (Fsp3) is 0.287. The van der Waals surface area contributed by atoms with E-state index in [2.05, 4.69) is 116 Å². The number of aromatic nitrogens is 16. The molecule has 1 fully saturated rings. The van der Waals surface area contributed by atoms with Crippen LogP contribution >= 0.6 is 0 Å². The fourth-order valence-electron chi connectivity index (χ4n) is 14.4. The number of ether oxygens (including phenoxy) is 1. The molecule has 8 aromatic carbocycles. The van der Waals surface area contributed by atoms with Crippen LogP contribution in [0, 0.1) is 29.2 Å². The van der Waals surface area contributed by atoms with E-state index in [-0.39, 0.29) is 154 Å². The lowest BCUT2D eigenvalue weighted by molar-refractivity contribution is 0.190. The summed E-state index contributed by atoms with van der Waals surface area (Å²) in [5.74, 6) is -1.76. The van der Waals surface area contributed by atoms with Crippen LogP contribution in [-0.4, -0.2) is 187 Å². The SMILES string of the molecule is CC(C)CNCc1ccc(-c2nnc(-c3nc(-c4ccc(S(=O)(=O)C(C)C)cc4)cnc3N)o2)c(F)c1.CC(C)S(=O)(=O)c1ccc(-c2cnc(N)c(-c3nnc(-c4ccc(CNCCF)cc4F)o3)n2)cc1.CC(C)S(=O)(=O)c1ccc(-c2cnc(N)c(-c3nnc(-c4ccc(CNC[C@@H](C)F)cc4F)o3)n2)cc1.CC(C)S(=O)(=O)c1ccc(-c2cnc(N)c(-c3nnc(-c4ccc(CN[C@H]5CCOC5)cc4F)o3)n2)cc1. The molecule has 1 aliphatic rings. The monoisotopic (exact) mass is 2100 g/mol. The van der Waals surface area contributed by atoms with Gasteiger partial charge in [-0.25, -0.2) is 99.9 Å². The Kier molecular flexibility index (Phi) is 35.0. The van der Waals surface area contributed by atoms with Gasteiger partial charge in [0.2, 0.25) is 0 Å². The highest BCUT2D eigenvalue weighted by atomic mass is 32.2. The van der Waals surface area contributed by atoms with Crippen molar-refractivity contribution in [2.75, 3.05) is 62.5 Å². The van der Waals surface area contributed by atoms with Crippen molar-refractivity contribution in [3.05, 3.63) is 240 Å². The highest BCUT2D eigenvalue weighted by Gasteiger charge is 2.30. The molecular formula is C101H106F6N24O13S4. The molecular weight excluding hydrogens is 2000 g/mol. The molecule has 0 spiro atoms. The summed E-state index contributed by atoms with van der Waals surface area (Å²) in [6, 6.07) is 44.1. The molecule has 0 unspecified atom stereocenters. The number of nitrogens with zero attached hydrogens (tertiary/aromatic N) is 16. The van der Waals surface area contributed by atoms with Crippen LogP contribution in [0.15, 0.2) is 232 Å². The molecule has 16 aromatic rings. The van der Waals surface area contributed by atoms with Crippen LogP contribution in [0.25, 0.3) is 137 Å². The molecule has 774 valence electrons. The third-order valence-electron chi connectivity index (χ3n) is 22.9. The second kappa shape index (κ2) is 47.7. The van der Waals surface area contributed by atoms with E-state index in [0.29, 0.717) is 94.9 Å². The van der Waals surface area contributed by atoms with Gasteiger partial charge in [-0.05, 0) is 201 Å². The minimum Gasteiger partial charge on any atom is -0.414 e. The summed E-state index contributed by atoms with van der Waals surface area (Å²) >= 11 is 0. The summed E-state index contributed by atoms with van der Waals surface area (Å²) in [5, 5.41) is 41.9. The summed E-state index contributed by atoms with van der Waals surface area (Å²) in [6.07, 6.45) is 5.75. The van der Waals surface area contributed by atoms with Crippen molar-refractivity contribution in [2.24, 2.45) is 5.92 Å². The second-order valence-electron chi connectivity index (χ2n) is 35.6. The van der Waals surface area contributed by atoms with Gasteiger partial charge in [0, 0.05) is 74.2 Å². The molecule has 1 saturated heterocycles. The number of nitrogens with two attached hydrogens (primary N) is 4. The van der Waals surface area contributed by atoms with Crippen LogP contribution in [0.5, 0.6) is 0 Å². The zero-order valence-corrected chi connectivity index (χ0v) is 85.2. The highest BCUT2D eigenvalue weighted by molar-refractivity contribution is 7.93. The number of hydrogen-bond donors (Lipinski definition) is 8. The first-order valence-electron chi connectivity index (χ1n) is 46.6. The molecule has 37 nitrogen and oxygen atoms in total. The lowest BCUT2D eigenvalue weighted by atomic mass is 10.1. The highest BCUT2D eigenvalue weighted by Crippen LogP contribution is 2.38. The van der Waals surface area contributed by atoms with Gasteiger partial charge in [-0.15, -0.1) is 40.8 Å². The fourth-order valence-corrected chi connectivity index (χ4v) is 18.6. The van der Waals surface area contributed by atoms with Crippen molar-refractivity contribution in [1.82, 2.24) is 102 Å². The zero-order chi connectivity index (χ0) is 106. The van der Waals surface area contributed by atoms with Crippen LogP contribution < -0.4 is 44.2 Å². The molecule has 47 heteroatoms. The van der Waals surface area contributed by atoms with Crippen molar-refractivity contribution in [3.8, 4) is 137 Å². The van der Waals surface area contributed by atoms with Crippen LogP contribution in [-0.2, 0) is 70.3 Å². The van der Waals surface area contributed by atoms with Gasteiger partial charge < -0.3 is 66.6 Å². The standard InChI is InChI=1S/C26H27FN6O4S.C26H29FN6O3S.C25H26F2N6O3S.C24H24F2N6O3S/c1-15(2)38(34,35)19-6-4-17(5-7-19)22-13-30-24(28)23(31-22)26-33-32-25(37-26)20-8-3-16(11-21(20)27)12-29-18-9-10-36-14-18;1-15(2)12-29-13-17-5-10-20(21(27)11-17)25-32-33-26(36-25)23-24(28)30-14-22(31-23)18-6-8-19(9-7-18)37(34,35)16(3)4;1-14(2)37(34,35)18-7-5-17(6-8-18)21-13-30-23(28)22(31-21)25-33-32-24(36-25)19-9-4-16(10-20(19)27)12-29-11-15(3)26;1-14(2)36(33,34)17-6-4-16(5-7-17)20-13-29-22(27)21(30-20)24-32-31-23(35-24)18-8-3-15(11-19(18)26)12-28-10-9-25/h3-8,11,13,15,18,29H,9-10,12,14H2,1-2H3,(H2,28,30);5-11,14-16,29H,12-13H2,1-4H3,(H2,28,30);4-10,13-15,29H,11-12H2,1-3H3,(H2,28,30);3-8,11,13-14,28H,9-10,12H2,1-2H3,(H2,27,29)/t18-;;15-;/m0.1./s1. The Morgan fingerprint density at radius 2 is 0.601 bits per heavy atom. The molecule has 17 rings (SSSR count). The lowest BCUT2D eigenvalue weighted by Crippen LogP contribution is -2.28. The average molecular weight is 2110 g/mol. The smallest absolute Gasteiger partial charge is 0.270 e. The average Bonchev–Trinajstić information content (AvgIpc) is 1.62. The number of hydrogen-bond acceptors (Lipinski definition) is 37. The molecule has 0 radical (unpaired) electrons. The minimum atomic E-state index is -3.41. The van der Waals surface area contributed by atoms with Crippen molar-refractivity contribution >= 4 is 62.6 Å². The van der Waals surface area contributed by atoms with E-state index in [4.69, 9.17) is 45.3 Å². The van der Waals surface area contributed by atoms with E-state index in [1.807, 2.05) is 0 Å². The van der Waals surface area contributed by atoms with Crippen molar-refractivity contribution in [2.45, 2.75) is 162 Å². The van der Waals surface area contributed by atoms with E-state index < -0.39 is 96.5 Å². The third kappa shape index (κ3) is 26.3. The Bertz CT molecular complexity index is 7640. The van der Waals surface area contributed by atoms with Gasteiger partial charge in [-0.1, -0.05) is 86.6 Å². The molecule has 148 heavy (non-hydrogen) atoms. The summed E-state index contributed by atoms with van der Waals surface area (Å²) in [4.78, 5) is 35.4. The molecule has 12 N–H and O–H groups in total. The number of alkyl halides is 2. The van der Waals surface area contributed by atoms with Crippen molar-refractivity contribution in [1.29, 1.82) is 0 Å². The number of sulfone groups is 4. The van der Waals surface area contributed by atoms with Crippen LogP contribution in [0.2, 0.25) is 0 Å². The molecule has 0 bridgehead atoms. The van der Waals surface area contributed by atoms with Gasteiger partial charge in [0.25, 0.3) is 47.1 Å². The van der Waals surface area contributed by atoms with Gasteiger partial charge in [-0.2, -0.15) is 0 Å². The maximum absolute atomic E-state index is 14.9. The molecule has 2 atom stereocenters.